The maximum atomic E-state index is 13.7. The Morgan fingerprint density at radius 2 is 1.76 bits per heavy atom. The first-order valence-corrected chi connectivity index (χ1v) is 6.25. The van der Waals surface area contributed by atoms with Gasteiger partial charge in [-0.25, -0.2) is 9.18 Å². The van der Waals surface area contributed by atoms with Crippen molar-refractivity contribution < 1.29 is 19.1 Å². The minimum absolute atomic E-state index is 0.204. The molecule has 108 valence electrons. The molecule has 1 N–H and O–H groups in total. The van der Waals surface area contributed by atoms with E-state index in [0.29, 0.717) is 11.1 Å². The number of hydrogen-bond acceptors (Lipinski definition) is 2. The Labute approximate surface area is 121 Å². The van der Waals surface area contributed by atoms with Gasteiger partial charge in [0.25, 0.3) is 5.91 Å². The summed E-state index contributed by atoms with van der Waals surface area (Å²) in [6.07, 6.45) is 0. The third-order valence-electron chi connectivity index (χ3n) is 3.05. The predicted octanol–water partition coefficient (Wildman–Crippen LogP) is 2.89. The van der Waals surface area contributed by atoms with Crippen LogP contribution in [0.2, 0.25) is 0 Å². The number of hydrogen-bond donors (Lipinski definition) is 1. The lowest BCUT2D eigenvalue weighted by molar-refractivity contribution is 0.0692. The molecule has 21 heavy (non-hydrogen) atoms. The van der Waals surface area contributed by atoms with Crippen LogP contribution < -0.4 is 0 Å². The van der Waals surface area contributed by atoms with Crippen molar-refractivity contribution in [1.82, 2.24) is 4.90 Å². The van der Waals surface area contributed by atoms with Crippen LogP contribution in [0, 0.1) is 5.82 Å². The van der Waals surface area contributed by atoms with Crippen LogP contribution in [0.4, 0.5) is 4.39 Å². The second-order valence-electron chi connectivity index (χ2n) is 4.75. The fourth-order valence-corrected chi connectivity index (χ4v) is 2.06. The van der Waals surface area contributed by atoms with Gasteiger partial charge in [-0.15, -0.1) is 0 Å². The summed E-state index contributed by atoms with van der Waals surface area (Å²) >= 11 is 0. The van der Waals surface area contributed by atoms with Crippen LogP contribution in [-0.2, 0) is 0 Å². The molecule has 0 aliphatic rings. The van der Waals surface area contributed by atoms with E-state index in [2.05, 4.69) is 0 Å². The first-order chi connectivity index (χ1) is 9.91. The van der Waals surface area contributed by atoms with Crippen LogP contribution in [0.3, 0.4) is 0 Å². The summed E-state index contributed by atoms with van der Waals surface area (Å²) in [6, 6.07) is 10.5. The van der Waals surface area contributed by atoms with E-state index in [1.165, 1.54) is 17.0 Å². The highest BCUT2D eigenvalue weighted by Gasteiger charge is 2.17. The highest BCUT2D eigenvalue weighted by molar-refractivity contribution is 5.98. The van der Waals surface area contributed by atoms with Crippen molar-refractivity contribution in [1.29, 1.82) is 0 Å². The second-order valence-corrected chi connectivity index (χ2v) is 4.75. The number of benzene rings is 2. The molecule has 0 saturated heterocycles. The quantitative estimate of drug-likeness (QED) is 0.944. The molecular weight excluding hydrogens is 273 g/mol. The lowest BCUT2D eigenvalue weighted by atomic mass is 9.97. The molecule has 0 radical (unpaired) electrons. The molecule has 0 heterocycles. The lowest BCUT2D eigenvalue weighted by Gasteiger charge is -2.12. The zero-order valence-corrected chi connectivity index (χ0v) is 11.6. The van der Waals surface area contributed by atoms with Gasteiger partial charge in [0.05, 0.1) is 0 Å². The van der Waals surface area contributed by atoms with E-state index in [-0.39, 0.29) is 11.5 Å². The maximum absolute atomic E-state index is 13.7. The van der Waals surface area contributed by atoms with Crippen LogP contribution in [0.25, 0.3) is 11.1 Å². The summed E-state index contributed by atoms with van der Waals surface area (Å²) in [5.74, 6) is -2.35. The molecule has 0 saturated carbocycles. The number of amides is 1. The van der Waals surface area contributed by atoms with E-state index in [0.717, 1.165) is 6.07 Å². The van der Waals surface area contributed by atoms with Crippen LogP contribution in [-0.4, -0.2) is 36.0 Å². The minimum Gasteiger partial charge on any atom is -0.478 e. The summed E-state index contributed by atoms with van der Waals surface area (Å²) < 4.78 is 13.7. The summed E-state index contributed by atoms with van der Waals surface area (Å²) in [7, 11) is 3.25. The van der Waals surface area contributed by atoms with E-state index in [4.69, 9.17) is 5.11 Å². The van der Waals surface area contributed by atoms with Gasteiger partial charge in [0.1, 0.15) is 11.4 Å². The topological polar surface area (TPSA) is 57.6 Å². The van der Waals surface area contributed by atoms with E-state index in [1.807, 2.05) is 0 Å². The van der Waals surface area contributed by atoms with Crippen molar-refractivity contribution >= 4 is 11.9 Å². The second kappa shape index (κ2) is 5.75. The molecular formula is C16H14FNO3. The molecule has 0 spiro atoms. The number of nitrogens with zero attached hydrogens (tertiary/aromatic N) is 1. The summed E-state index contributed by atoms with van der Waals surface area (Å²) in [4.78, 5) is 24.6. The minimum atomic E-state index is -1.34. The smallest absolute Gasteiger partial charge is 0.339 e. The molecule has 0 aliphatic carbocycles. The van der Waals surface area contributed by atoms with Crippen molar-refractivity contribution in [3.05, 3.63) is 59.4 Å². The molecule has 2 aromatic carbocycles. The number of carboxylic acid groups (broad SMARTS) is 1. The first-order valence-electron chi connectivity index (χ1n) is 6.25. The van der Waals surface area contributed by atoms with Crippen LogP contribution in [0.1, 0.15) is 20.7 Å². The van der Waals surface area contributed by atoms with Gasteiger partial charge >= 0.3 is 5.97 Å². The van der Waals surface area contributed by atoms with E-state index < -0.39 is 17.3 Å². The van der Waals surface area contributed by atoms with E-state index in [1.54, 1.807) is 38.4 Å². The van der Waals surface area contributed by atoms with Crippen LogP contribution in [0.5, 0.6) is 0 Å². The van der Waals surface area contributed by atoms with Crippen molar-refractivity contribution in [2.24, 2.45) is 0 Å². The Kier molecular flexibility index (Phi) is 4.03. The Hall–Kier alpha value is -2.69. The third kappa shape index (κ3) is 2.91. The largest absolute Gasteiger partial charge is 0.478 e. The highest BCUT2D eigenvalue weighted by Crippen LogP contribution is 2.26. The van der Waals surface area contributed by atoms with Gasteiger partial charge in [0.2, 0.25) is 0 Å². The molecule has 0 bridgehead atoms. The fourth-order valence-electron chi connectivity index (χ4n) is 2.06. The van der Waals surface area contributed by atoms with Crippen LogP contribution >= 0.6 is 0 Å². The Morgan fingerprint density at radius 3 is 2.38 bits per heavy atom. The molecule has 0 atom stereocenters. The highest BCUT2D eigenvalue weighted by atomic mass is 19.1. The Bertz CT molecular complexity index is 710. The van der Waals surface area contributed by atoms with Gasteiger partial charge in [-0.3, -0.25) is 4.79 Å². The van der Waals surface area contributed by atoms with Gasteiger partial charge in [-0.2, -0.15) is 0 Å². The molecule has 0 fully saturated rings. The molecule has 0 aliphatic heterocycles. The maximum Gasteiger partial charge on any atom is 0.339 e. The van der Waals surface area contributed by atoms with Gasteiger partial charge in [-0.1, -0.05) is 24.3 Å². The van der Waals surface area contributed by atoms with Crippen molar-refractivity contribution in [2.75, 3.05) is 14.1 Å². The third-order valence-corrected chi connectivity index (χ3v) is 3.05. The summed E-state index contributed by atoms with van der Waals surface area (Å²) in [5.41, 5.74) is 0.751. The molecule has 2 aromatic rings. The van der Waals surface area contributed by atoms with E-state index in [9.17, 15) is 14.0 Å². The normalized spacial score (nSPS) is 10.2. The monoisotopic (exact) mass is 287 g/mol. The molecule has 0 aromatic heterocycles. The van der Waals surface area contributed by atoms with E-state index >= 15 is 0 Å². The molecule has 2 rings (SSSR count). The van der Waals surface area contributed by atoms with Gasteiger partial charge in [0.15, 0.2) is 0 Å². The molecule has 5 heteroatoms. The number of carbonyl (C=O) groups excluding carboxylic acids is 1. The molecule has 4 nitrogen and oxygen atoms in total. The summed E-state index contributed by atoms with van der Waals surface area (Å²) in [6.45, 7) is 0. The number of carboxylic acids is 1. The van der Waals surface area contributed by atoms with Crippen molar-refractivity contribution in [2.45, 2.75) is 0 Å². The Morgan fingerprint density at radius 1 is 1.10 bits per heavy atom. The zero-order chi connectivity index (χ0) is 15.6. The molecule has 0 unspecified atom stereocenters. The number of aromatic carboxylic acids is 1. The van der Waals surface area contributed by atoms with Gasteiger partial charge < -0.3 is 10.0 Å². The van der Waals surface area contributed by atoms with Gasteiger partial charge in [-0.05, 0) is 29.3 Å². The standard InChI is InChI=1S/C16H14FNO3/c1-18(2)15(19)11-6-3-5-10(9-11)12-7-4-8-13(17)14(12)16(20)21/h3-9H,1-2H3,(H,20,21). The Balaban J connectivity index is 2.58. The van der Waals surface area contributed by atoms with Crippen LogP contribution in [0.15, 0.2) is 42.5 Å². The number of halogens is 1. The average Bonchev–Trinajstić information content (AvgIpc) is 2.45. The molecule has 1 amide bonds. The van der Waals surface area contributed by atoms with Gasteiger partial charge in [0, 0.05) is 19.7 Å². The van der Waals surface area contributed by atoms with Crippen molar-refractivity contribution in [3.8, 4) is 11.1 Å². The zero-order valence-electron chi connectivity index (χ0n) is 11.6. The predicted molar refractivity (Wildman–Crippen MR) is 76.8 cm³/mol. The summed E-state index contributed by atoms with van der Waals surface area (Å²) in [5, 5.41) is 9.16. The fraction of sp³-hybridized carbons (Fsp3) is 0.125. The van der Waals surface area contributed by atoms with Crippen molar-refractivity contribution in [3.63, 3.8) is 0 Å². The lowest BCUT2D eigenvalue weighted by Crippen LogP contribution is -2.21. The number of rotatable bonds is 3. The first kappa shape index (κ1) is 14.7. The number of carbonyl (C=O) groups is 2. The SMILES string of the molecule is CN(C)C(=O)c1cccc(-c2cccc(F)c2C(=O)O)c1. The average molecular weight is 287 g/mol.